The third-order valence-electron chi connectivity index (χ3n) is 3.32. The van der Waals surface area contributed by atoms with Crippen LogP contribution < -0.4 is 5.32 Å². The highest BCUT2D eigenvalue weighted by Crippen LogP contribution is 2.30. The minimum absolute atomic E-state index is 0.0362. The fraction of sp³-hybridized carbons (Fsp3) is 0.118. The number of hydrogen-bond donors (Lipinski definition) is 1. The standard InChI is InChI=1S/C17H13Cl2N3O2/c18-12-7-8-13(14(19)10-12)16-21-22-17(24-16)20-15(23)9-6-11-4-2-1-3-5-11/h1-5,7-8,10H,6,9H2,(H,20,22,23). The van der Waals surface area contributed by atoms with Crippen LogP contribution in [0.25, 0.3) is 11.5 Å². The molecule has 0 saturated heterocycles. The van der Waals surface area contributed by atoms with Crippen molar-refractivity contribution in [1.82, 2.24) is 10.2 Å². The Morgan fingerprint density at radius 2 is 1.88 bits per heavy atom. The first kappa shape index (κ1) is 16.5. The molecule has 0 aliphatic heterocycles. The smallest absolute Gasteiger partial charge is 0.322 e. The molecule has 3 aromatic rings. The summed E-state index contributed by atoms with van der Waals surface area (Å²) in [5.74, 6) is 0.0197. The summed E-state index contributed by atoms with van der Waals surface area (Å²) in [6, 6.07) is 14.7. The lowest BCUT2D eigenvalue weighted by molar-refractivity contribution is -0.116. The van der Waals surface area contributed by atoms with Gasteiger partial charge in [-0.3, -0.25) is 10.1 Å². The van der Waals surface area contributed by atoms with Crippen molar-refractivity contribution in [3.8, 4) is 11.5 Å². The van der Waals surface area contributed by atoms with Crippen molar-refractivity contribution in [3.05, 3.63) is 64.1 Å². The van der Waals surface area contributed by atoms with E-state index in [1.54, 1.807) is 18.2 Å². The molecule has 2 aromatic carbocycles. The van der Waals surface area contributed by atoms with Crippen LogP contribution in [0.15, 0.2) is 52.9 Å². The molecular formula is C17H13Cl2N3O2. The third kappa shape index (κ3) is 4.13. The minimum Gasteiger partial charge on any atom is -0.403 e. The van der Waals surface area contributed by atoms with Crippen LogP contribution in [0.1, 0.15) is 12.0 Å². The molecule has 0 unspecified atom stereocenters. The predicted molar refractivity (Wildman–Crippen MR) is 93.1 cm³/mol. The number of aryl methyl sites for hydroxylation is 1. The monoisotopic (exact) mass is 361 g/mol. The zero-order valence-electron chi connectivity index (χ0n) is 12.5. The van der Waals surface area contributed by atoms with Crippen molar-refractivity contribution in [3.63, 3.8) is 0 Å². The fourth-order valence-corrected chi connectivity index (χ4v) is 2.62. The summed E-state index contributed by atoms with van der Waals surface area (Å²) < 4.78 is 5.43. The van der Waals surface area contributed by atoms with Crippen molar-refractivity contribution < 1.29 is 9.21 Å². The highest BCUT2D eigenvalue weighted by molar-refractivity contribution is 6.36. The number of aromatic nitrogens is 2. The number of rotatable bonds is 5. The topological polar surface area (TPSA) is 68.0 Å². The number of hydrogen-bond acceptors (Lipinski definition) is 4. The first-order chi connectivity index (χ1) is 11.6. The predicted octanol–water partition coefficient (Wildman–Crippen LogP) is 4.61. The van der Waals surface area contributed by atoms with Gasteiger partial charge in [-0.2, -0.15) is 0 Å². The normalized spacial score (nSPS) is 10.6. The van der Waals surface area contributed by atoms with E-state index in [9.17, 15) is 4.79 Å². The van der Waals surface area contributed by atoms with Gasteiger partial charge in [0.25, 0.3) is 5.89 Å². The molecule has 1 aromatic heterocycles. The second-order valence-corrected chi connectivity index (χ2v) is 5.91. The molecule has 0 radical (unpaired) electrons. The summed E-state index contributed by atoms with van der Waals surface area (Å²) in [4.78, 5) is 12.0. The Kier molecular flexibility index (Phi) is 5.13. The van der Waals surface area contributed by atoms with Gasteiger partial charge in [-0.15, -0.1) is 5.10 Å². The summed E-state index contributed by atoms with van der Waals surface area (Å²) in [6.07, 6.45) is 0.958. The van der Waals surface area contributed by atoms with Crippen molar-refractivity contribution in [2.75, 3.05) is 5.32 Å². The van der Waals surface area contributed by atoms with E-state index < -0.39 is 0 Å². The van der Waals surface area contributed by atoms with Gasteiger partial charge in [0.15, 0.2) is 0 Å². The lowest BCUT2D eigenvalue weighted by Gasteiger charge is -2.01. The number of carbonyl (C=O) groups excluding carboxylic acids is 1. The van der Waals surface area contributed by atoms with Crippen LogP contribution >= 0.6 is 23.2 Å². The number of carbonyl (C=O) groups is 1. The van der Waals surface area contributed by atoms with Gasteiger partial charge >= 0.3 is 6.01 Å². The molecule has 24 heavy (non-hydrogen) atoms. The van der Waals surface area contributed by atoms with Crippen molar-refractivity contribution in [1.29, 1.82) is 0 Å². The zero-order valence-corrected chi connectivity index (χ0v) is 14.0. The first-order valence-electron chi connectivity index (χ1n) is 7.24. The molecule has 0 spiro atoms. The first-order valence-corrected chi connectivity index (χ1v) is 8.00. The van der Waals surface area contributed by atoms with Crippen LogP contribution in [-0.2, 0) is 11.2 Å². The highest BCUT2D eigenvalue weighted by Gasteiger charge is 2.14. The maximum absolute atomic E-state index is 12.0. The van der Waals surface area contributed by atoms with Crippen molar-refractivity contribution in [2.24, 2.45) is 0 Å². The number of anilines is 1. The van der Waals surface area contributed by atoms with Crippen molar-refractivity contribution in [2.45, 2.75) is 12.8 Å². The van der Waals surface area contributed by atoms with E-state index in [0.717, 1.165) is 5.56 Å². The van der Waals surface area contributed by atoms with Gasteiger partial charge in [-0.25, -0.2) is 0 Å². The quantitative estimate of drug-likeness (QED) is 0.719. The van der Waals surface area contributed by atoms with Crippen molar-refractivity contribution >= 4 is 35.1 Å². The van der Waals surface area contributed by atoms with Gasteiger partial charge < -0.3 is 4.42 Å². The molecule has 7 heteroatoms. The number of nitrogens with one attached hydrogen (secondary N) is 1. The SMILES string of the molecule is O=C(CCc1ccccc1)Nc1nnc(-c2ccc(Cl)cc2Cl)o1. The van der Waals surface area contributed by atoms with E-state index in [0.29, 0.717) is 28.5 Å². The van der Waals surface area contributed by atoms with Crippen LogP contribution in [0.3, 0.4) is 0 Å². The Balaban J connectivity index is 1.62. The summed E-state index contributed by atoms with van der Waals surface area (Å²) in [5.41, 5.74) is 1.64. The maximum atomic E-state index is 12.0. The number of amides is 1. The molecule has 0 aliphatic carbocycles. The Bertz CT molecular complexity index is 850. The summed E-state index contributed by atoms with van der Waals surface area (Å²) in [7, 11) is 0. The lowest BCUT2D eigenvalue weighted by atomic mass is 10.1. The van der Waals surface area contributed by atoms with Gasteiger partial charge in [0.1, 0.15) is 0 Å². The zero-order chi connectivity index (χ0) is 16.9. The molecule has 1 heterocycles. The number of halogens is 2. The Hall–Kier alpha value is -2.37. The molecule has 122 valence electrons. The molecule has 0 aliphatic rings. The molecule has 1 amide bonds. The third-order valence-corrected chi connectivity index (χ3v) is 3.86. The second-order valence-electron chi connectivity index (χ2n) is 5.07. The summed E-state index contributed by atoms with van der Waals surface area (Å²) in [6.45, 7) is 0. The van der Waals surface area contributed by atoms with E-state index in [-0.39, 0.29) is 17.8 Å². The molecule has 0 fully saturated rings. The number of nitrogens with zero attached hydrogens (tertiary/aromatic N) is 2. The van der Waals surface area contributed by atoms with Crippen LogP contribution in [0.2, 0.25) is 10.0 Å². The largest absolute Gasteiger partial charge is 0.403 e. The Morgan fingerprint density at radius 1 is 1.08 bits per heavy atom. The Labute approximate surface area is 148 Å². The molecular weight excluding hydrogens is 349 g/mol. The van der Waals surface area contributed by atoms with E-state index in [4.69, 9.17) is 27.6 Å². The maximum Gasteiger partial charge on any atom is 0.322 e. The van der Waals surface area contributed by atoms with Crippen LogP contribution in [0.4, 0.5) is 6.01 Å². The Morgan fingerprint density at radius 3 is 2.62 bits per heavy atom. The molecule has 0 saturated carbocycles. The van der Waals surface area contributed by atoms with Gasteiger partial charge in [-0.1, -0.05) is 58.6 Å². The van der Waals surface area contributed by atoms with E-state index in [1.807, 2.05) is 30.3 Å². The van der Waals surface area contributed by atoms with Crippen LogP contribution in [0, 0.1) is 0 Å². The molecule has 1 N–H and O–H groups in total. The van der Waals surface area contributed by atoms with Crippen LogP contribution in [0.5, 0.6) is 0 Å². The molecule has 0 atom stereocenters. The fourth-order valence-electron chi connectivity index (χ4n) is 2.13. The second kappa shape index (κ2) is 7.47. The highest BCUT2D eigenvalue weighted by atomic mass is 35.5. The van der Waals surface area contributed by atoms with Gasteiger partial charge in [0.2, 0.25) is 5.91 Å². The van der Waals surface area contributed by atoms with E-state index in [1.165, 1.54) is 0 Å². The molecule has 3 rings (SSSR count). The number of benzene rings is 2. The van der Waals surface area contributed by atoms with Gasteiger partial charge in [0, 0.05) is 11.4 Å². The molecule has 5 nitrogen and oxygen atoms in total. The van der Waals surface area contributed by atoms with Crippen LogP contribution in [-0.4, -0.2) is 16.1 Å². The van der Waals surface area contributed by atoms with Gasteiger partial charge in [-0.05, 0) is 30.2 Å². The average molecular weight is 362 g/mol. The van der Waals surface area contributed by atoms with E-state index in [2.05, 4.69) is 15.5 Å². The molecule has 0 bridgehead atoms. The van der Waals surface area contributed by atoms with E-state index >= 15 is 0 Å². The summed E-state index contributed by atoms with van der Waals surface area (Å²) in [5, 5.41) is 11.2. The minimum atomic E-state index is -0.198. The lowest BCUT2D eigenvalue weighted by Crippen LogP contribution is -2.12. The summed E-state index contributed by atoms with van der Waals surface area (Å²) >= 11 is 12.0. The average Bonchev–Trinajstić information content (AvgIpc) is 3.02. The van der Waals surface area contributed by atoms with Gasteiger partial charge in [0.05, 0.1) is 10.6 Å².